The molecule has 2 aromatic carbocycles. The zero-order chi connectivity index (χ0) is 12.4. The second kappa shape index (κ2) is 4.45. The molecule has 0 N–H and O–H groups in total. The molecular weight excluding hydrogens is 224 g/mol. The molecule has 0 saturated carbocycles. The second-order valence-electron chi connectivity index (χ2n) is 4.17. The molecule has 0 aromatic heterocycles. The first-order valence-corrected chi connectivity index (χ1v) is 5.84. The van der Waals surface area contributed by atoms with E-state index in [-0.39, 0.29) is 5.91 Å². The van der Waals surface area contributed by atoms with Gasteiger partial charge in [0, 0.05) is 0 Å². The molecule has 18 heavy (non-hydrogen) atoms. The Hall–Kier alpha value is -2.42. The molecule has 2 aromatic rings. The molecule has 0 spiro atoms. The smallest absolute Gasteiger partial charge is 0.251 e. The van der Waals surface area contributed by atoms with E-state index < -0.39 is 0 Å². The van der Waals surface area contributed by atoms with Crippen LogP contribution in [0, 0.1) is 0 Å². The van der Waals surface area contributed by atoms with Crippen LogP contribution in [0.2, 0.25) is 0 Å². The number of carbonyl (C=O) groups excluding carboxylic acids is 1. The van der Waals surface area contributed by atoms with Crippen molar-refractivity contribution < 1.29 is 4.79 Å². The lowest BCUT2D eigenvalue weighted by molar-refractivity contribution is -0.117. The van der Waals surface area contributed by atoms with Crippen LogP contribution in [0.15, 0.2) is 59.7 Å². The average molecular weight is 236 g/mol. The molecule has 1 heterocycles. The molecular formula is C15H12N2O. The number of benzene rings is 2. The number of nitrogens with zero attached hydrogens (tertiary/aromatic N) is 2. The van der Waals surface area contributed by atoms with Gasteiger partial charge < -0.3 is 0 Å². The van der Waals surface area contributed by atoms with E-state index in [9.17, 15) is 4.79 Å². The Labute approximate surface area is 105 Å². The van der Waals surface area contributed by atoms with Crippen molar-refractivity contribution in [3.63, 3.8) is 0 Å². The monoisotopic (exact) mass is 236 g/mol. The van der Waals surface area contributed by atoms with Gasteiger partial charge in [0.15, 0.2) is 0 Å². The van der Waals surface area contributed by atoms with Crippen molar-refractivity contribution in [2.45, 2.75) is 6.42 Å². The maximum absolute atomic E-state index is 11.9. The highest BCUT2D eigenvalue weighted by Crippen LogP contribution is 2.28. The van der Waals surface area contributed by atoms with Crippen molar-refractivity contribution in [2.24, 2.45) is 5.10 Å². The van der Waals surface area contributed by atoms with E-state index in [4.69, 9.17) is 0 Å². The summed E-state index contributed by atoms with van der Waals surface area (Å²) in [5.41, 5.74) is 2.90. The van der Waals surface area contributed by atoms with Gasteiger partial charge in [-0.3, -0.25) is 4.79 Å². The fourth-order valence-electron chi connectivity index (χ4n) is 2.03. The number of hydrogen-bond acceptors (Lipinski definition) is 2. The van der Waals surface area contributed by atoms with Crippen LogP contribution in [0.5, 0.6) is 0 Å². The SMILES string of the molecule is O=C1Cc2ccccc2N1/N=C/c1ccccc1. The van der Waals surface area contributed by atoms with Crippen LogP contribution in [0.25, 0.3) is 0 Å². The van der Waals surface area contributed by atoms with Crippen LogP contribution >= 0.6 is 0 Å². The Bertz CT molecular complexity index is 605. The first-order valence-electron chi connectivity index (χ1n) is 5.84. The Balaban J connectivity index is 1.90. The standard InChI is InChI=1S/C15H12N2O/c18-15-10-13-8-4-5-9-14(13)17(15)16-11-12-6-2-1-3-7-12/h1-9,11H,10H2/b16-11+. The largest absolute Gasteiger partial charge is 0.272 e. The highest BCUT2D eigenvalue weighted by molar-refractivity contribution is 6.02. The highest BCUT2D eigenvalue weighted by Gasteiger charge is 2.26. The van der Waals surface area contributed by atoms with Gasteiger partial charge in [-0.25, -0.2) is 5.01 Å². The lowest BCUT2D eigenvalue weighted by Crippen LogP contribution is -2.20. The van der Waals surface area contributed by atoms with E-state index in [1.54, 1.807) is 6.21 Å². The molecule has 0 fully saturated rings. The van der Waals surface area contributed by atoms with Gasteiger partial charge in [0.25, 0.3) is 5.91 Å². The fraction of sp³-hybridized carbons (Fsp3) is 0.0667. The number of para-hydroxylation sites is 1. The van der Waals surface area contributed by atoms with Crippen LogP contribution in [0.3, 0.4) is 0 Å². The lowest BCUT2D eigenvalue weighted by Gasteiger charge is -2.09. The van der Waals surface area contributed by atoms with Crippen LogP contribution in [-0.4, -0.2) is 12.1 Å². The normalized spacial score (nSPS) is 14.2. The molecule has 3 nitrogen and oxygen atoms in total. The minimum atomic E-state index is 0.0170. The molecule has 0 saturated heterocycles. The topological polar surface area (TPSA) is 32.7 Å². The summed E-state index contributed by atoms with van der Waals surface area (Å²) in [6, 6.07) is 17.5. The first kappa shape index (κ1) is 10.7. The van der Waals surface area contributed by atoms with E-state index in [1.165, 1.54) is 5.01 Å². The Kier molecular flexibility index (Phi) is 2.65. The highest BCUT2D eigenvalue weighted by atomic mass is 16.2. The van der Waals surface area contributed by atoms with Gasteiger partial charge in [-0.05, 0) is 17.2 Å². The summed E-state index contributed by atoms with van der Waals surface area (Å²) >= 11 is 0. The molecule has 0 atom stereocenters. The summed E-state index contributed by atoms with van der Waals surface area (Å²) in [7, 11) is 0. The molecule has 3 rings (SSSR count). The molecule has 3 heteroatoms. The Morgan fingerprint density at radius 2 is 1.72 bits per heavy atom. The zero-order valence-electron chi connectivity index (χ0n) is 9.78. The molecule has 1 aliphatic rings. The number of hydrazone groups is 1. The minimum Gasteiger partial charge on any atom is -0.272 e. The van der Waals surface area contributed by atoms with Crippen LogP contribution in [0.1, 0.15) is 11.1 Å². The van der Waals surface area contributed by atoms with E-state index in [2.05, 4.69) is 5.10 Å². The van der Waals surface area contributed by atoms with Crippen LogP contribution < -0.4 is 5.01 Å². The maximum atomic E-state index is 11.9. The average Bonchev–Trinajstić information content (AvgIpc) is 2.73. The van der Waals surface area contributed by atoms with Gasteiger partial charge in [0.2, 0.25) is 0 Å². The van der Waals surface area contributed by atoms with Crippen LogP contribution in [0.4, 0.5) is 5.69 Å². The molecule has 0 bridgehead atoms. The van der Waals surface area contributed by atoms with Crippen molar-refractivity contribution in [2.75, 3.05) is 5.01 Å². The number of amides is 1. The van der Waals surface area contributed by atoms with E-state index in [0.29, 0.717) is 6.42 Å². The summed E-state index contributed by atoms with van der Waals surface area (Å²) in [4.78, 5) is 11.9. The van der Waals surface area contributed by atoms with Crippen molar-refractivity contribution in [3.8, 4) is 0 Å². The Morgan fingerprint density at radius 3 is 2.56 bits per heavy atom. The van der Waals surface area contributed by atoms with Gasteiger partial charge in [-0.2, -0.15) is 5.10 Å². The summed E-state index contributed by atoms with van der Waals surface area (Å²) in [5.74, 6) is 0.0170. The quantitative estimate of drug-likeness (QED) is 0.738. The van der Waals surface area contributed by atoms with Gasteiger partial charge in [0.05, 0.1) is 18.3 Å². The first-order chi connectivity index (χ1) is 8.84. The molecule has 1 aliphatic heterocycles. The van der Waals surface area contributed by atoms with E-state index in [0.717, 1.165) is 16.8 Å². The predicted molar refractivity (Wildman–Crippen MR) is 71.7 cm³/mol. The fourth-order valence-corrected chi connectivity index (χ4v) is 2.03. The number of carbonyl (C=O) groups is 1. The third-order valence-corrected chi connectivity index (χ3v) is 2.92. The van der Waals surface area contributed by atoms with E-state index >= 15 is 0 Å². The van der Waals surface area contributed by atoms with Crippen molar-refractivity contribution in [1.82, 2.24) is 0 Å². The molecule has 0 unspecified atom stereocenters. The second-order valence-corrected chi connectivity index (χ2v) is 4.17. The zero-order valence-corrected chi connectivity index (χ0v) is 9.78. The van der Waals surface area contributed by atoms with Gasteiger partial charge >= 0.3 is 0 Å². The molecule has 88 valence electrons. The van der Waals surface area contributed by atoms with Crippen molar-refractivity contribution in [1.29, 1.82) is 0 Å². The molecule has 0 aliphatic carbocycles. The van der Waals surface area contributed by atoms with Crippen LogP contribution in [-0.2, 0) is 11.2 Å². The number of hydrogen-bond donors (Lipinski definition) is 0. The number of fused-ring (bicyclic) bond motifs is 1. The molecule has 0 radical (unpaired) electrons. The van der Waals surface area contributed by atoms with Crippen molar-refractivity contribution >= 4 is 17.8 Å². The lowest BCUT2D eigenvalue weighted by atomic mass is 10.2. The maximum Gasteiger partial charge on any atom is 0.251 e. The van der Waals surface area contributed by atoms with Gasteiger partial charge in [-0.15, -0.1) is 0 Å². The third kappa shape index (κ3) is 1.91. The molecule has 1 amide bonds. The summed E-state index contributed by atoms with van der Waals surface area (Å²) in [6.45, 7) is 0. The predicted octanol–water partition coefficient (Wildman–Crippen LogP) is 2.61. The summed E-state index contributed by atoms with van der Waals surface area (Å²) in [5, 5.41) is 5.75. The Morgan fingerprint density at radius 1 is 1.00 bits per heavy atom. The number of anilines is 1. The van der Waals surface area contributed by atoms with Gasteiger partial charge in [-0.1, -0.05) is 48.5 Å². The van der Waals surface area contributed by atoms with E-state index in [1.807, 2.05) is 54.6 Å². The van der Waals surface area contributed by atoms with Crippen molar-refractivity contribution in [3.05, 3.63) is 65.7 Å². The summed E-state index contributed by atoms with van der Waals surface area (Å²) in [6.07, 6.45) is 2.14. The number of rotatable bonds is 2. The van der Waals surface area contributed by atoms with Gasteiger partial charge in [0.1, 0.15) is 0 Å². The summed E-state index contributed by atoms with van der Waals surface area (Å²) < 4.78 is 0. The minimum absolute atomic E-state index is 0.0170. The third-order valence-electron chi connectivity index (χ3n) is 2.92.